The van der Waals surface area contributed by atoms with E-state index in [4.69, 9.17) is 0 Å². The van der Waals surface area contributed by atoms with E-state index < -0.39 is 12.0 Å². The Morgan fingerprint density at radius 3 is 1.10 bits per heavy atom. The van der Waals surface area contributed by atoms with Gasteiger partial charge in [0.25, 0.3) is 0 Å². The number of carbonyl (C=O) groups is 1. The van der Waals surface area contributed by atoms with Gasteiger partial charge < -0.3 is 14.8 Å². The number of nitrogens with zero attached hydrogens (tertiary/aromatic N) is 1. The third-order valence-electron chi connectivity index (χ3n) is 6.23. The summed E-state index contributed by atoms with van der Waals surface area (Å²) in [5.41, 5.74) is 0. The summed E-state index contributed by atoms with van der Waals surface area (Å²) < 4.78 is 0. The molecule has 0 spiro atoms. The zero-order valence-electron chi connectivity index (χ0n) is 21.2. The molecule has 0 bridgehead atoms. The van der Waals surface area contributed by atoms with Crippen molar-refractivity contribution in [3.8, 4) is 0 Å². The molecule has 0 amide bonds. The molecule has 4 heteroatoms. The number of likely N-dealkylation sites (N-methyl/N-ethyl adjacent to an activating group) is 1. The van der Waals surface area contributed by atoms with Gasteiger partial charge in [0, 0.05) is 6.04 Å². The van der Waals surface area contributed by atoms with E-state index in [1.54, 1.807) is 4.90 Å². The van der Waals surface area contributed by atoms with Gasteiger partial charge in [-0.05, 0) is 20.5 Å². The molecule has 1 atom stereocenters. The van der Waals surface area contributed by atoms with Gasteiger partial charge in [-0.15, -0.1) is 0 Å². The van der Waals surface area contributed by atoms with E-state index in [1.807, 2.05) is 14.1 Å². The first-order chi connectivity index (χ1) is 14.1. The molecule has 1 unspecified atom stereocenters. The molecule has 0 aromatic carbocycles. The van der Waals surface area contributed by atoms with Crippen LogP contribution < -0.4 is 34.7 Å². The molecule has 0 aliphatic heterocycles. The van der Waals surface area contributed by atoms with Gasteiger partial charge in [-0.3, -0.25) is 0 Å². The maximum atomic E-state index is 11.0. The molecule has 30 heavy (non-hydrogen) atoms. The van der Waals surface area contributed by atoms with Gasteiger partial charge in [0.1, 0.15) is 0 Å². The second-order valence-corrected chi connectivity index (χ2v) is 9.30. The molecule has 0 radical (unpaired) electrons. The number of hydrogen-bond acceptors (Lipinski definition) is 3. The fourth-order valence-corrected chi connectivity index (χ4v) is 4.18. The number of aliphatic carboxylic acids is 1. The zero-order valence-corrected chi connectivity index (χ0v) is 23.2. The number of rotatable bonds is 23. The molecule has 0 saturated heterocycles. The van der Waals surface area contributed by atoms with Crippen LogP contribution in [-0.4, -0.2) is 31.0 Å². The van der Waals surface area contributed by atoms with Crippen molar-refractivity contribution in [2.24, 2.45) is 0 Å². The normalized spacial score (nSPS) is 12.1. The molecule has 0 aliphatic carbocycles. The van der Waals surface area contributed by atoms with Crippen molar-refractivity contribution in [1.29, 1.82) is 0 Å². The van der Waals surface area contributed by atoms with Crippen LogP contribution in [0.3, 0.4) is 0 Å². The van der Waals surface area contributed by atoms with E-state index >= 15 is 0 Å². The van der Waals surface area contributed by atoms with Crippen LogP contribution in [0.4, 0.5) is 0 Å². The largest absolute Gasteiger partial charge is 1.00 e. The van der Waals surface area contributed by atoms with Gasteiger partial charge in [-0.25, -0.2) is 0 Å². The van der Waals surface area contributed by atoms with Gasteiger partial charge in [0.05, 0.1) is 5.97 Å². The second kappa shape index (κ2) is 25.7. The molecule has 0 N–H and O–H groups in total. The minimum atomic E-state index is -0.937. The van der Waals surface area contributed by atoms with Crippen molar-refractivity contribution in [1.82, 2.24) is 4.90 Å². The Kier molecular flexibility index (Phi) is 27.9. The summed E-state index contributed by atoms with van der Waals surface area (Å²) in [6.07, 6.45) is 28.1. The summed E-state index contributed by atoms with van der Waals surface area (Å²) in [5.74, 6) is -0.937. The van der Waals surface area contributed by atoms with Crippen LogP contribution in [0, 0.1) is 0 Å². The fourth-order valence-electron chi connectivity index (χ4n) is 4.18. The Labute approximate surface area is 211 Å². The molecular formula is C26H52NNaO2. The zero-order chi connectivity index (χ0) is 21.6. The van der Waals surface area contributed by atoms with Crippen LogP contribution in [0.1, 0.15) is 142 Å². The van der Waals surface area contributed by atoms with Gasteiger partial charge in [0.15, 0.2) is 0 Å². The molecule has 174 valence electrons. The van der Waals surface area contributed by atoms with Gasteiger partial charge in [-0.2, -0.15) is 0 Å². The SMILES string of the molecule is CCCCCCCCCCCCCCCCCCCCCCC(C(=O)[O-])N(C)C.[Na+]. The molecule has 0 aromatic heterocycles. The van der Waals surface area contributed by atoms with E-state index in [9.17, 15) is 9.90 Å². The maximum absolute atomic E-state index is 11.0. The predicted molar refractivity (Wildman–Crippen MR) is 125 cm³/mol. The van der Waals surface area contributed by atoms with Crippen molar-refractivity contribution in [3.05, 3.63) is 0 Å². The smallest absolute Gasteiger partial charge is 0.548 e. The van der Waals surface area contributed by atoms with Crippen molar-refractivity contribution >= 4 is 5.97 Å². The van der Waals surface area contributed by atoms with Crippen LogP contribution >= 0.6 is 0 Å². The number of unbranched alkanes of at least 4 members (excludes halogenated alkanes) is 19. The number of carboxylic acid groups (broad SMARTS) is 1. The van der Waals surface area contributed by atoms with Gasteiger partial charge in [-0.1, -0.05) is 135 Å². The van der Waals surface area contributed by atoms with Crippen molar-refractivity contribution < 1.29 is 39.5 Å². The van der Waals surface area contributed by atoms with E-state index in [0.717, 1.165) is 12.8 Å². The molecule has 0 heterocycles. The fraction of sp³-hybridized carbons (Fsp3) is 0.962. The van der Waals surface area contributed by atoms with Crippen LogP contribution in [0.2, 0.25) is 0 Å². The van der Waals surface area contributed by atoms with Crippen molar-refractivity contribution in [2.45, 2.75) is 148 Å². The summed E-state index contributed by atoms with van der Waals surface area (Å²) in [6.45, 7) is 2.29. The first-order valence-electron chi connectivity index (χ1n) is 13.0. The summed E-state index contributed by atoms with van der Waals surface area (Å²) >= 11 is 0. The predicted octanol–water partition coefficient (Wildman–Crippen LogP) is 3.88. The molecule has 0 aliphatic rings. The molecular weight excluding hydrogens is 381 g/mol. The molecule has 0 fully saturated rings. The molecule has 0 aromatic rings. The quantitative estimate of drug-likeness (QED) is 0.181. The van der Waals surface area contributed by atoms with Crippen molar-refractivity contribution in [3.63, 3.8) is 0 Å². The van der Waals surface area contributed by atoms with E-state index in [2.05, 4.69) is 6.92 Å². The minimum absolute atomic E-state index is 0. The van der Waals surface area contributed by atoms with E-state index in [1.165, 1.54) is 116 Å². The second-order valence-electron chi connectivity index (χ2n) is 9.30. The maximum Gasteiger partial charge on any atom is 1.00 e. The van der Waals surface area contributed by atoms with Crippen LogP contribution in [0.5, 0.6) is 0 Å². The summed E-state index contributed by atoms with van der Waals surface area (Å²) in [7, 11) is 3.63. The first-order valence-corrected chi connectivity index (χ1v) is 13.0. The Bertz CT molecular complexity index is 350. The summed E-state index contributed by atoms with van der Waals surface area (Å²) in [4.78, 5) is 12.8. The van der Waals surface area contributed by atoms with E-state index in [0.29, 0.717) is 6.42 Å². The van der Waals surface area contributed by atoms with Crippen LogP contribution in [0.15, 0.2) is 0 Å². The monoisotopic (exact) mass is 433 g/mol. The standard InChI is InChI=1S/C26H53NO2.Na/c1-4-5-6-7-8-9-10-11-12-13-14-15-16-17-18-19-20-21-22-23-24-25(26(28)29)27(2)3;/h25H,4-24H2,1-3H3,(H,28,29);/q;+1/p-1. The summed E-state index contributed by atoms with van der Waals surface area (Å²) in [6, 6.07) is -0.425. The Balaban J connectivity index is 0. The van der Waals surface area contributed by atoms with Gasteiger partial charge in [0.2, 0.25) is 0 Å². The average molecular weight is 434 g/mol. The summed E-state index contributed by atoms with van der Waals surface area (Å²) in [5, 5.41) is 11.0. The van der Waals surface area contributed by atoms with Crippen molar-refractivity contribution in [2.75, 3.05) is 14.1 Å². The third kappa shape index (κ3) is 23.1. The average Bonchev–Trinajstić information content (AvgIpc) is 2.68. The molecule has 0 rings (SSSR count). The van der Waals surface area contributed by atoms with Crippen LogP contribution in [0.25, 0.3) is 0 Å². The number of carboxylic acids is 1. The minimum Gasteiger partial charge on any atom is -0.548 e. The topological polar surface area (TPSA) is 43.4 Å². The Morgan fingerprint density at radius 2 is 0.867 bits per heavy atom. The first kappa shape index (κ1) is 32.6. The van der Waals surface area contributed by atoms with Gasteiger partial charge >= 0.3 is 29.6 Å². The van der Waals surface area contributed by atoms with E-state index in [-0.39, 0.29) is 29.6 Å². The van der Waals surface area contributed by atoms with Crippen LogP contribution in [-0.2, 0) is 4.79 Å². The Hall–Kier alpha value is 0.430. The molecule has 3 nitrogen and oxygen atoms in total. The third-order valence-corrected chi connectivity index (χ3v) is 6.23. The Morgan fingerprint density at radius 1 is 0.600 bits per heavy atom. The molecule has 0 saturated carbocycles. The number of hydrogen-bond donors (Lipinski definition) is 0. The number of carbonyl (C=O) groups excluding carboxylic acids is 1.